The average Bonchev–Trinajstić information content (AvgIpc) is 3.28. The fourth-order valence-electron chi connectivity index (χ4n) is 5.91. The summed E-state index contributed by atoms with van der Waals surface area (Å²) in [5.41, 5.74) is 5.23. The predicted molar refractivity (Wildman–Crippen MR) is 146 cm³/mol. The van der Waals surface area contributed by atoms with Crippen molar-refractivity contribution in [1.29, 1.82) is 0 Å². The lowest BCUT2D eigenvalue weighted by Gasteiger charge is -2.39. The topological polar surface area (TPSA) is 65.1 Å². The standard InChI is InChI=1S/C30H31FN4O3/c1-38-26-6-7-27-20(19-26)9-15-34(30(37)32-27)24-11-13-33(14-12-24)25-4-2-3-22(18-25)29(36)35-16-10-21-17-23(31)5-8-28(21)35/h2-8,17-19,24H,9-16H2,1H3,(H,32,37). The lowest BCUT2D eigenvalue weighted by molar-refractivity contribution is 0.0989. The second-order valence-electron chi connectivity index (χ2n) is 10.1. The van der Waals surface area contributed by atoms with Gasteiger partial charge < -0.3 is 24.8 Å². The minimum Gasteiger partial charge on any atom is -0.497 e. The number of nitrogens with one attached hydrogen (secondary N) is 1. The minimum absolute atomic E-state index is 0.0502. The summed E-state index contributed by atoms with van der Waals surface area (Å²) in [6.07, 6.45) is 3.16. The van der Waals surface area contributed by atoms with E-state index in [0.717, 1.165) is 66.3 Å². The molecule has 3 amide bonds. The average molecular weight is 515 g/mol. The first-order chi connectivity index (χ1) is 18.5. The van der Waals surface area contributed by atoms with Crippen molar-refractivity contribution >= 4 is 29.0 Å². The van der Waals surface area contributed by atoms with Gasteiger partial charge in [-0.2, -0.15) is 0 Å². The van der Waals surface area contributed by atoms with E-state index in [0.29, 0.717) is 25.1 Å². The molecule has 3 heterocycles. The number of anilines is 3. The third kappa shape index (κ3) is 4.55. The molecule has 0 unspecified atom stereocenters. The van der Waals surface area contributed by atoms with Crippen LogP contribution in [0.5, 0.6) is 5.75 Å². The molecule has 38 heavy (non-hydrogen) atoms. The molecule has 3 aliphatic heterocycles. The molecule has 1 saturated heterocycles. The van der Waals surface area contributed by atoms with Gasteiger partial charge in [0, 0.05) is 54.8 Å². The van der Waals surface area contributed by atoms with Gasteiger partial charge in [0.1, 0.15) is 11.6 Å². The summed E-state index contributed by atoms with van der Waals surface area (Å²) >= 11 is 0. The fourth-order valence-corrected chi connectivity index (χ4v) is 5.91. The van der Waals surface area contributed by atoms with Gasteiger partial charge in [-0.15, -0.1) is 0 Å². The summed E-state index contributed by atoms with van der Waals surface area (Å²) in [6, 6.07) is 18.2. The van der Waals surface area contributed by atoms with Crippen molar-refractivity contribution in [2.75, 3.05) is 48.4 Å². The maximum absolute atomic E-state index is 13.6. The largest absolute Gasteiger partial charge is 0.497 e. The van der Waals surface area contributed by atoms with Crippen LogP contribution in [0.3, 0.4) is 0 Å². The van der Waals surface area contributed by atoms with Crippen molar-refractivity contribution in [3.63, 3.8) is 0 Å². The van der Waals surface area contributed by atoms with Crippen LogP contribution in [-0.2, 0) is 12.8 Å². The quantitative estimate of drug-likeness (QED) is 0.527. The van der Waals surface area contributed by atoms with Gasteiger partial charge in [0.25, 0.3) is 5.91 Å². The zero-order valence-electron chi connectivity index (χ0n) is 21.5. The number of hydrogen-bond donors (Lipinski definition) is 1. The molecule has 6 rings (SSSR count). The van der Waals surface area contributed by atoms with Crippen LogP contribution >= 0.6 is 0 Å². The number of benzene rings is 3. The number of nitrogens with zero attached hydrogens (tertiary/aromatic N) is 3. The molecule has 8 heteroatoms. The van der Waals surface area contributed by atoms with Crippen LogP contribution in [-0.4, -0.2) is 56.2 Å². The van der Waals surface area contributed by atoms with E-state index in [1.165, 1.54) is 12.1 Å². The van der Waals surface area contributed by atoms with E-state index < -0.39 is 0 Å². The van der Waals surface area contributed by atoms with E-state index >= 15 is 0 Å². The molecule has 0 saturated carbocycles. The molecule has 0 radical (unpaired) electrons. The Morgan fingerprint density at radius 2 is 1.76 bits per heavy atom. The number of ether oxygens (including phenoxy) is 1. The van der Waals surface area contributed by atoms with Crippen molar-refractivity contribution in [1.82, 2.24) is 4.90 Å². The predicted octanol–water partition coefficient (Wildman–Crippen LogP) is 5.10. The SMILES string of the molecule is COc1ccc2c(c1)CCN(C1CCN(c3cccc(C(=O)N4CCc5cc(F)ccc54)c3)CC1)C(=O)N2. The van der Waals surface area contributed by atoms with Crippen molar-refractivity contribution in [2.45, 2.75) is 31.7 Å². The lowest BCUT2D eigenvalue weighted by atomic mass is 10.0. The second kappa shape index (κ2) is 10.0. The Bertz CT molecular complexity index is 1390. The smallest absolute Gasteiger partial charge is 0.322 e. The van der Waals surface area contributed by atoms with Crippen LogP contribution < -0.4 is 19.9 Å². The zero-order valence-corrected chi connectivity index (χ0v) is 21.5. The molecule has 3 aliphatic rings. The monoisotopic (exact) mass is 514 g/mol. The molecular formula is C30H31FN4O3. The number of rotatable bonds is 4. The van der Waals surface area contributed by atoms with Gasteiger partial charge in [-0.05, 0) is 91.4 Å². The Hall–Kier alpha value is -4.07. The van der Waals surface area contributed by atoms with Gasteiger partial charge in [0.05, 0.1) is 7.11 Å². The molecule has 0 aromatic heterocycles. The minimum atomic E-state index is -0.272. The van der Waals surface area contributed by atoms with E-state index in [1.807, 2.05) is 47.4 Å². The highest BCUT2D eigenvalue weighted by Crippen LogP contribution is 2.32. The van der Waals surface area contributed by atoms with Gasteiger partial charge >= 0.3 is 6.03 Å². The van der Waals surface area contributed by atoms with Gasteiger partial charge in [-0.3, -0.25) is 4.79 Å². The molecule has 0 bridgehead atoms. The molecular weight excluding hydrogens is 483 g/mol. The molecule has 1 N–H and O–H groups in total. The maximum atomic E-state index is 13.6. The number of halogens is 1. The van der Waals surface area contributed by atoms with Gasteiger partial charge in [0.15, 0.2) is 0 Å². The zero-order chi connectivity index (χ0) is 26.2. The first-order valence-corrected chi connectivity index (χ1v) is 13.2. The first-order valence-electron chi connectivity index (χ1n) is 13.2. The van der Waals surface area contributed by atoms with E-state index in [1.54, 1.807) is 18.1 Å². The highest BCUT2D eigenvalue weighted by molar-refractivity contribution is 6.07. The number of urea groups is 1. The highest BCUT2D eigenvalue weighted by atomic mass is 19.1. The van der Waals surface area contributed by atoms with Crippen LogP contribution in [0.25, 0.3) is 0 Å². The van der Waals surface area contributed by atoms with E-state index in [4.69, 9.17) is 4.74 Å². The summed E-state index contributed by atoms with van der Waals surface area (Å²) in [7, 11) is 1.65. The van der Waals surface area contributed by atoms with Crippen molar-refractivity contribution < 1.29 is 18.7 Å². The highest BCUT2D eigenvalue weighted by Gasteiger charge is 2.31. The third-order valence-electron chi connectivity index (χ3n) is 7.98. The molecule has 0 atom stereocenters. The number of carbonyl (C=O) groups excluding carboxylic acids is 2. The summed E-state index contributed by atoms with van der Waals surface area (Å²) < 4.78 is 19.0. The number of hydrogen-bond acceptors (Lipinski definition) is 4. The number of piperidine rings is 1. The van der Waals surface area contributed by atoms with E-state index in [2.05, 4.69) is 10.2 Å². The summed E-state index contributed by atoms with van der Waals surface area (Å²) in [5.74, 6) is 0.457. The van der Waals surface area contributed by atoms with Crippen molar-refractivity contribution in [3.05, 3.63) is 83.2 Å². The molecule has 1 fully saturated rings. The maximum Gasteiger partial charge on any atom is 0.322 e. The van der Waals surface area contributed by atoms with Crippen molar-refractivity contribution in [3.8, 4) is 5.75 Å². The second-order valence-corrected chi connectivity index (χ2v) is 10.1. The van der Waals surface area contributed by atoms with Crippen LogP contribution in [0, 0.1) is 5.82 Å². The first kappa shape index (κ1) is 24.3. The third-order valence-corrected chi connectivity index (χ3v) is 7.98. The number of carbonyl (C=O) groups is 2. The molecule has 196 valence electrons. The van der Waals surface area contributed by atoms with Gasteiger partial charge in [0.2, 0.25) is 0 Å². The Morgan fingerprint density at radius 3 is 2.58 bits per heavy atom. The van der Waals surface area contributed by atoms with Gasteiger partial charge in [-0.1, -0.05) is 6.07 Å². The Balaban J connectivity index is 1.11. The number of methoxy groups -OCH3 is 1. The van der Waals surface area contributed by atoms with Crippen LogP contribution in [0.1, 0.15) is 34.3 Å². The van der Waals surface area contributed by atoms with E-state index in [-0.39, 0.29) is 23.8 Å². The van der Waals surface area contributed by atoms with Gasteiger partial charge in [-0.25, -0.2) is 9.18 Å². The van der Waals surface area contributed by atoms with Crippen LogP contribution in [0.4, 0.5) is 26.2 Å². The van der Waals surface area contributed by atoms with E-state index in [9.17, 15) is 14.0 Å². The lowest BCUT2D eigenvalue weighted by Crippen LogP contribution is -2.49. The summed E-state index contributed by atoms with van der Waals surface area (Å²) in [4.78, 5) is 32.4. The summed E-state index contributed by atoms with van der Waals surface area (Å²) in [6.45, 7) is 2.83. The summed E-state index contributed by atoms with van der Waals surface area (Å²) in [5, 5.41) is 3.08. The Morgan fingerprint density at radius 1 is 0.947 bits per heavy atom. The Labute approximate surface area is 221 Å². The van der Waals surface area contributed by atoms with Crippen LogP contribution in [0.2, 0.25) is 0 Å². The number of fused-ring (bicyclic) bond motifs is 2. The molecule has 3 aromatic rings. The molecule has 7 nitrogen and oxygen atoms in total. The van der Waals surface area contributed by atoms with Crippen LogP contribution in [0.15, 0.2) is 60.7 Å². The number of amides is 3. The van der Waals surface area contributed by atoms with Crippen molar-refractivity contribution in [2.24, 2.45) is 0 Å². The molecule has 0 spiro atoms. The molecule has 0 aliphatic carbocycles. The fraction of sp³-hybridized carbons (Fsp3) is 0.333. The normalized spacial score (nSPS) is 17.5. The molecule has 3 aromatic carbocycles. The Kier molecular flexibility index (Phi) is 6.39.